The van der Waals surface area contributed by atoms with E-state index >= 15 is 0 Å². The lowest BCUT2D eigenvalue weighted by Gasteiger charge is -2.35. The number of hydrogen-bond acceptors (Lipinski definition) is 4. The number of aromatic nitrogens is 1. The number of piperazine rings is 1. The smallest absolute Gasteiger partial charge is 0.223 e. The Bertz CT molecular complexity index is 706. The number of nitrogens with one attached hydrogen (secondary N) is 1. The number of amides is 2. The molecule has 146 valence electrons. The van der Waals surface area contributed by atoms with Gasteiger partial charge in [-0.1, -0.05) is 25.3 Å². The van der Waals surface area contributed by atoms with Gasteiger partial charge in [-0.3, -0.25) is 9.59 Å². The number of carbonyl (C=O) groups is 2. The second kappa shape index (κ2) is 7.49. The third-order valence-electron chi connectivity index (χ3n) is 6.70. The highest BCUT2D eigenvalue weighted by Gasteiger charge is 2.57. The Kier molecular flexibility index (Phi) is 5.06. The summed E-state index contributed by atoms with van der Waals surface area (Å²) in [6, 6.07) is 3.97. The van der Waals surface area contributed by atoms with Gasteiger partial charge >= 0.3 is 0 Å². The van der Waals surface area contributed by atoms with Crippen molar-refractivity contribution in [2.24, 2.45) is 11.3 Å². The molecule has 1 N–H and O–H groups in total. The van der Waals surface area contributed by atoms with Crippen LogP contribution in [0.15, 0.2) is 18.3 Å². The van der Waals surface area contributed by atoms with E-state index in [1.165, 1.54) is 32.1 Å². The zero-order valence-corrected chi connectivity index (χ0v) is 16.2. The zero-order valence-electron chi connectivity index (χ0n) is 16.2. The van der Waals surface area contributed by atoms with Crippen LogP contribution in [0.1, 0.15) is 51.0 Å². The Balaban J connectivity index is 1.35. The summed E-state index contributed by atoms with van der Waals surface area (Å²) in [6.07, 6.45) is 9.21. The molecule has 0 unspecified atom stereocenters. The van der Waals surface area contributed by atoms with Crippen LogP contribution in [-0.4, -0.2) is 47.9 Å². The Labute approximate surface area is 161 Å². The summed E-state index contributed by atoms with van der Waals surface area (Å²) in [7, 11) is 0. The van der Waals surface area contributed by atoms with Crippen molar-refractivity contribution in [3.63, 3.8) is 0 Å². The van der Waals surface area contributed by atoms with Crippen LogP contribution in [-0.2, 0) is 16.1 Å². The van der Waals surface area contributed by atoms with Crippen LogP contribution in [0.25, 0.3) is 0 Å². The quantitative estimate of drug-likeness (QED) is 0.883. The minimum Gasteiger partial charge on any atom is -0.353 e. The minimum atomic E-state index is 0.129. The van der Waals surface area contributed by atoms with Gasteiger partial charge < -0.3 is 15.1 Å². The summed E-state index contributed by atoms with van der Waals surface area (Å²) >= 11 is 0. The number of pyridine rings is 1. The van der Waals surface area contributed by atoms with Gasteiger partial charge in [0.15, 0.2) is 0 Å². The van der Waals surface area contributed by atoms with Crippen molar-refractivity contribution in [1.82, 2.24) is 15.2 Å². The second-order valence-corrected chi connectivity index (χ2v) is 8.38. The predicted molar refractivity (Wildman–Crippen MR) is 104 cm³/mol. The summed E-state index contributed by atoms with van der Waals surface area (Å²) in [5.74, 6) is 1.50. The molecule has 2 heterocycles. The summed E-state index contributed by atoms with van der Waals surface area (Å²) < 4.78 is 0. The van der Waals surface area contributed by atoms with Gasteiger partial charge in [-0.25, -0.2) is 4.98 Å². The topological polar surface area (TPSA) is 65.5 Å². The number of anilines is 1. The minimum absolute atomic E-state index is 0.129. The van der Waals surface area contributed by atoms with Crippen molar-refractivity contribution in [3.05, 3.63) is 23.9 Å². The fourth-order valence-corrected chi connectivity index (χ4v) is 4.92. The first kappa shape index (κ1) is 18.3. The van der Waals surface area contributed by atoms with Crippen molar-refractivity contribution in [1.29, 1.82) is 0 Å². The van der Waals surface area contributed by atoms with Gasteiger partial charge in [-0.05, 0) is 30.7 Å². The van der Waals surface area contributed by atoms with E-state index in [-0.39, 0.29) is 17.7 Å². The maximum atomic E-state index is 12.7. The lowest BCUT2D eigenvalue weighted by molar-refractivity contribution is -0.129. The maximum absolute atomic E-state index is 12.7. The highest BCUT2D eigenvalue weighted by Crippen LogP contribution is 2.61. The number of hydrogen-bond donors (Lipinski definition) is 1. The molecule has 3 aliphatic rings. The van der Waals surface area contributed by atoms with E-state index in [9.17, 15) is 9.59 Å². The van der Waals surface area contributed by atoms with E-state index in [1.54, 1.807) is 13.1 Å². The van der Waals surface area contributed by atoms with E-state index in [2.05, 4.69) is 15.2 Å². The molecule has 27 heavy (non-hydrogen) atoms. The number of carbonyl (C=O) groups excluding carboxylic acids is 2. The molecule has 6 nitrogen and oxygen atoms in total. The Morgan fingerprint density at radius 2 is 1.93 bits per heavy atom. The van der Waals surface area contributed by atoms with Crippen LogP contribution >= 0.6 is 0 Å². The summed E-state index contributed by atoms with van der Waals surface area (Å²) in [6.45, 7) is 5.16. The normalized spacial score (nSPS) is 24.0. The molecule has 0 radical (unpaired) electrons. The van der Waals surface area contributed by atoms with Crippen molar-refractivity contribution in [3.8, 4) is 0 Å². The van der Waals surface area contributed by atoms with Gasteiger partial charge in [0.25, 0.3) is 0 Å². The second-order valence-electron chi connectivity index (χ2n) is 8.38. The largest absolute Gasteiger partial charge is 0.353 e. The number of rotatable bonds is 4. The van der Waals surface area contributed by atoms with E-state index in [0.717, 1.165) is 44.0 Å². The Morgan fingerprint density at radius 1 is 1.19 bits per heavy atom. The highest BCUT2D eigenvalue weighted by molar-refractivity contribution is 5.82. The van der Waals surface area contributed by atoms with Crippen molar-refractivity contribution in [2.45, 2.75) is 52.0 Å². The van der Waals surface area contributed by atoms with Gasteiger partial charge in [0.2, 0.25) is 11.8 Å². The molecule has 4 rings (SSSR count). The number of nitrogens with zero attached hydrogens (tertiary/aromatic N) is 3. The van der Waals surface area contributed by atoms with Gasteiger partial charge in [0, 0.05) is 57.3 Å². The zero-order chi connectivity index (χ0) is 18.9. The van der Waals surface area contributed by atoms with Crippen molar-refractivity contribution < 1.29 is 9.59 Å². The molecule has 2 amide bonds. The first-order valence-electron chi connectivity index (χ1n) is 10.3. The fraction of sp³-hybridized carbons (Fsp3) is 0.667. The van der Waals surface area contributed by atoms with E-state index in [1.807, 2.05) is 17.0 Å². The molecule has 6 heteroatoms. The third-order valence-corrected chi connectivity index (χ3v) is 6.70. The average Bonchev–Trinajstić information content (AvgIpc) is 3.39. The molecule has 3 fully saturated rings. The van der Waals surface area contributed by atoms with Crippen LogP contribution in [0.5, 0.6) is 0 Å². The molecule has 0 bridgehead atoms. The first-order valence-corrected chi connectivity index (χ1v) is 10.3. The summed E-state index contributed by atoms with van der Waals surface area (Å²) in [5, 5.41) is 3.17. The van der Waals surface area contributed by atoms with Crippen molar-refractivity contribution >= 4 is 17.6 Å². The third kappa shape index (κ3) is 3.80. The van der Waals surface area contributed by atoms with E-state index in [0.29, 0.717) is 12.0 Å². The first-order chi connectivity index (χ1) is 13.1. The molecular formula is C21H30N4O2. The summed E-state index contributed by atoms with van der Waals surface area (Å²) in [4.78, 5) is 32.9. The highest BCUT2D eigenvalue weighted by atomic mass is 16.2. The SMILES string of the molecule is CC(=O)N1CCN(c2ncccc2CNC(=O)[C@H]2CC23CCCCC3)CC1. The van der Waals surface area contributed by atoms with Gasteiger partial charge in [-0.15, -0.1) is 0 Å². The Morgan fingerprint density at radius 3 is 2.63 bits per heavy atom. The molecule has 1 aromatic heterocycles. The molecule has 1 saturated heterocycles. The van der Waals surface area contributed by atoms with Crippen molar-refractivity contribution in [2.75, 3.05) is 31.1 Å². The maximum Gasteiger partial charge on any atom is 0.223 e. The molecule has 1 atom stereocenters. The Hall–Kier alpha value is -2.11. The van der Waals surface area contributed by atoms with Crippen LogP contribution in [0.2, 0.25) is 0 Å². The fourth-order valence-electron chi connectivity index (χ4n) is 4.92. The lowest BCUT2D eigenvalue weighted by Crippen LogP contribution is -2.48. The summed E-state index contributed by atoms with van der Waals surface area (Å²) in [5.41, 5.74) is 1.38. The predicted octanol–water partition coefficient (Wildman–Crippen LogP) is 2.34. The molecule has 2 saturated carbocycles. The van der Waals surface area contributed by atoms with Gasteiger partial charge in [0.05, 0.1) is 0 Å². The van der Waals surface area contributed by atoms with E-state index in [4.69, 9.17) is 0 Å². The standard InChI is InChI=1S/C21H30N4O2/c1-16(26)24-10-12-25(13-11-24)19-17(6-5-9-22-19)15-23-20(27)18-14-21(18)7-3-2-4-8-21/h5-6,9,18H,2-4,7-8,10-15H2,1H3,(H,23,27)/t18-/m1/s1. The molecule has 1 aliphatic heterocycles. The van der Waals surface area contributed by atoms with Crippen LogP contribution in [0, 0.1) is 11.3 Å². The van der Waals surface area contributed by atoms with Gasteiger partial charge in [0.1, 0.15) is 5.82 Å². The van der Waals surface area contributed by atoms with Crippen LogP contribution in [0.3, 0.4) is 0 Å². The lowest BCUT2D eigenvalue weighted by atomic mass is 9.84. The molecular weight excluding hydrogens is 340 g/mol. The monoisotopic (exact) mass is 370 g/mol. The van der Waals surface area contributed by atoms with Crippen LogP contribution < -0.4 is 10.2 Å². The molecule has 2 aliphatic carbocycles. The average molecular weight is 370 g/mol. The molecule has 1 spiro atoms. The molecule has 0 aromatic carbocycles. The van der Waals surface area contributed by atoms with E-state index < -0.39 is 0 Å². The van der Waals surface area contributed by atoms with Gasteiger partial charge in [-0.2, -0.15) is 0 Å². The molecule has 1 aromatic rings. The van der Waals surface area contributed by atoms with Crippen LogP contribution in [0.4, 0.5) is 5.82 Å².